The van der Waals surface area contributed by atoms with Gasteiger partial charge in [-0.3, -0.25) is 4.79 Å². The number of carbonyl (C=O) groups excluding carboxylic acids is 1. The van der Waals surface area contributed by atoms with Gasteiger partial charge in [-0.05, 0) is 61.0 Å². The normalized spacial score (nSPS) is 27.6. The molecule has 4 fully saturated rings. The average Bonchev–Trinajstić information content (AvgIpc) is 3.38. The van der Waals surface area contributed by atoms with Gasteiger partial charge in [-0.1, -0.05) is 32.6 Å². The highest BCUT2D eigenvalue weighted by molar-refractivity contribution is 5.90. The third-order valence-corrected chi connectivity index (χ3v) is 8.24. The van der Waals surface area contributed by atoms with Crippen LogP contribution in [0.25, 0.3) is 0 Å². The van der Waals surface area contributed by atoms with Crippen LogP contribution in [0, 0.1) is 23.2 Å². The first-order valence-corrected chi connectivity index (χ1v) is 11.7. The van der Waals surface area contributed by atoms with Gasteiger partial charge in [0.05, 0.1) is 31.1 Å². The van der Waals surface area contributed by atoms with Crippen LogP contribution in [0.1, 0.15) is 64.7 Å². The van der Waals surface area contributed by atoms with Crippen LogP contribution in [-0.4, -0.2) is 36.7 Å². The van der Waals surface area contributed by atoms with Crippen molar-refractivity contribution in [3.63, 3.8) is 0 Å². The van der Waals surface area contributed by atoms with E-state index in [0.717, 1.165) is 43.1 Å². The van der Waals surface area contributed by atoms with E-state index >= 15 is 0 Å². The van der Waals surface area contributed by atoms with Crippen molar-refractivity contribution in [2.75, 3.05) is 30.0 Å². The van der Waals surface area contributed by atoms with E-state index in [4.69, 9.17) is 9.72 Å². The van der Waals surface area contributed by atoms with E-state index in [1.807, 2.05) is 12.3 Å². The quantitative estimate of drug-likeness (QED) is 0.729. The number of hydrogen-bond donors (Lipinski definition) is 1. The van der Waals surface area contributed by atoms with E-state index in [0.29, 0.717) is 23.8 Å². The van der Waals surface area contributed by atoms with Crippen molar-refractivity contribution >= 4 is 17.4 Å². The summed E-state index contributed by atoms with van der Waals surface area (Å²) >= 11 is 0. The highest BCUT2D eigenvalue weighted by Gasteiger charge is 2.49. The number of carbonyl (C=O) groups is 1. The van der Waals surface area contributed by atoms with Gasteiger partial charge in [0.2, 0.25) is 5.91 Å². The topological polar surface area (TPSA) is 54.5 Å². The second kappa shape index (κ2) is 7.90. The van der Waals surface area contributed by atoms with E-state index in [-0.39, 0.29) is 5.91 Å². The van der Waals surface area contributed by atoms with E-state index < -0.39 is 0 Å². The van der Waals surface area contributed by atoms with Crippen molar-refractivity contribution in [3.05, 3.63) is 18.3 Å². The average molecular weight is 398 g/mol. The molecular formula is C24H35N3O2. The molecule has 0 aromatic carbocycles. The highest BCUT2D eigenvalue weighted by atomic mass is 16.5. The zero-order valence-corrected chi connectivity index (χ0v) is 17.7. The molecule has 0 bridgehead atoms. The van der Waals surface area contributed by atoms with Gasteiger partial charge in [0.1, 0.15) is 5.82 Å². The molecule has 1 aromatic heterocycles. The van der Waals surface area contributed by atoms with Crippen LogP contribution in [0.15, 0.2) is 18.3 Å². The molecule has 0 radical (unpaired) electrons. The fourth-order valence-electron chi connectivity index (χ4n) is 5.56. The molecule has 2 heterocycles. The van der Waals surface area contributed by atoms with Crippen LogP contribution in [0.3, 0.4) is 0 Å². The van der Waals surface area contributed by atoms with Gasteiger partial charge in [-0.15, -0.1) is 0 Å². The van der Waals surface area contributed by atoms with Gasteiger partial charge < -0.3 is 15.0 Å². The van der Waals surface area contributed by atoms with E-state index in [9.17, 15) is 4.79 Å². The molecule has 1 N–H and O–H groups in total. The van der Waals surface area contributed by atoms with Gasteiger partial charge in [0, 0.05) is 13.0 Å². The molecule has 1 aliphatic heterocycles. The summed E-state index contributed by atoms with van der Waals surface area (Å²) in [5, 5.41) is 3.12. The number of anilines is 2. The Morgan fingerprint density at radius 2 is 2.07 bits per heavy atom. The maximum absolute atomic E-state index is 12.8. The Hall–Kier alpha value is -1.62. The summed E-state index contributed by atoms with van der Waals surface area (Å²) in [4.78, 5) is 19.9. The Balaban J connectivity index is 1.20. The van der Waals surface area contributed by atoms with Crippen LogP contribution in [0.5, 0.6) is 0 Å². The van der Waals surface area contributed by atoms with Crippen molar-refractivity contribution in [1.82, 2.24) is 4.98 Å². The molecular weight excluding hydrogens is 362 g/mol. The molecule has 158 valence electrons. The number of nitrogens with one attached hydrogen (secondary N) is 1. The van der Waals surface area contributed by atoms with Gasteiger partial charge in [-0.25, -0.2) is 4.98 Å². The summed E-state index contributed by atoms with van der Waals surface area (Å²) < 4.78 is 5.74. The fraction of sp³-hybridized carbons (Fsp3) is 0.750. The molecule has 0 spiro atoms. The minimum Gasteiger partial charge on any atom is -0.377 e. The van der Waals surface area contributed by atoms with Crippen molar-refractivity contribution in [3.8, 4) is 0 Å². The molecule has 1 aromatic rings. The van der Waals surface area contributed by atoms with Gasteiger partial charge >= 0.3 is 0 Å². The Kier molecular flexibility index (Phi) is 5.27. The summed E-state index contributed by atoms with van der Waals surface area (Å²) in [6.07, 6.45) is 13.0. The summed E-state index contributed by atoms with van der Waals surface area (Å²) in [7, 11) is 0. The SMILES string of the molecule is CC1(C(CC(=O)Nc2ccc(N3CCOCC3C3CCC3)nc2)C2CCC2)CC1. The standard InChI is InChI=1S/C24H35N3O2/c1-24(10-11-24)20(17-4-2-5-17)14-23(28)26-19-8-9-22(25-15-19)27-12-13-29-16-21(27)18-6-3-7-18/h8-9,15,17-18,20-21H,2-7,10-14,16H2,1H3,(H,26,28). The Labute approximate surface area is 174 Å². The number of pyridine rings is 1. The molecule has 4 aliphatic rings. The zero-order chi connectivity index (χ0) is 19.8. The number of rotatable bonds is 7. The molecule has 3 aliphatic carbocycles. The van der Waals surface area contributed by atoms with Crippen LogP contribution in [0.4, 0.5) is 11.5 Å². The molecule has 1 saturated heterocycles. The van der Waals surface area contributed by atoms with Crippen LogP contribution in [0.2, 0.25) is 0 Å². The Bertz CT molecular complexity index is 722. The smallest absolute Gasteiger partial charge is 0.224 e. The molecule has 5 heteroatoms. The first kappa shape index (κ1) is 19.3. The number of nitrogens with zero attached hydrogens (tertiary/aromatic N) is 2. The van der Waals surface area contributed by atoms with Gasteiger partial charge in [-0.2, -0.15) is 0 Å². The van der Waals surface area contributed by atoms with Crippen molar-refractivity contribution < 1.29 is 9.53 Å². The molecule has 29 heavy (non-hydrogen) atoms. The first-order chi connectivity index (χ1) is 14.1. The lowest BCUT2D eigenvalue weighted by Gasteiger charge is -2.44. The predicted molar refractivity (Wildman–Crippen MR) is 115 cm³/mol. The third kappa shape index (κ3) is 4.03. The molecule has 5 nitrogen and oxygen atoms in total. The second-order valence-electron chi connectivity index (χ2n) is 10.1. The lowest BCUT2D eigenvalue weighted by atomic mass is 9.68. The van der Waals surface area contributed by atoms with Crippen LogP contribution >= 0.6 is 0 Å². The largest absolute Gasteiger partial charge is 0.377 e. The van der Waals surface area contributed by atoms with E-state index in [1.165, 1.54) is 51.4 Å². The summed E-state index contributed by atoms with van der Waals surface area (Å²) in [5.41, 5.74) is 1.23. The van der Waals surface area contributed by atoms with Gasteiger partial charge in [0.25, 0.3) is 0 Å². The van der Waals surface area contributed by atoms with Gasteiger partial charge in [0.15, 0.2) is 0 Å². The van der Waals surface area contributed by atoms with Crippen LogP contribution < -0.4 is 10.2 Å². The van der Waals surface area contributed by atoms with Crippen molar-refractivity contribution in [2.45, 2.75) is 70.8 Å². The molecule has 1 amide bonds. The molecule has 5 rings (SSSR count). The molecule has 3 saturated carbocycles. The van der Waals surface area contributed by atoms with Crippen molar-refractivity contribution in [1.29, 1.82) is 0 Å². The number of ether oxygens (including phenoxy) is 1. The lowest BCUT2D eigenvalue weighted by molar-refractivity contribution is -0.118. The maximum Gasteiger partial charge on any atom is 0.224 e. The predicted octanol–water partition coefficient (Wildman–Crippen LogP) is 4.63. The van der Waals surface area contributed by atoms with E-state index in [2.05, 4.69) is 23.2 Å². The molecule has 2 atom stereocenters. The van der Waals surface area contributed by atoms with Crippen LogP contribution in [-0.2, 0) is 9.53 Å². The number of morpholine rings is 1. The summed E-state index contributed by atoms with van der Waals surface area (Å²) in [5.74, 6) is 3.23. The summed E-state index contributed by atoms with van der Waals surface area (Å²) in [6.45, 7) is 4.86. The first-order valence-electron chi connectivity index (χ1n) is 11.7. The Morgan fingerprint density at radius 1 is 1.28 bits per heavy atom. The minimum absolute atomic E-state index is 0.156. The summed E-state index contributed by atoms with van der Waals surface area (Å²) in [6, 6.07) is 4.54. The minimum atomic E-state index is 0.156. The van der Waals surface area contributed by atoms with E-state index in [1.54, 1.807) is 0 Å². The number of aromatic nitrogens is 1. The number of amides is 1. The second-order valence-corrected chi connectivity index (χ2v) is 10.1. The number of hydrogen-bond acceptors (Lipinski definition) is 4. The van der Waals surface area contributed by atoms with Crippen molar-refractivity contribution in [2.24, 2.45) is 23.2 Å². The Morgan fingerprint density at radius 3 is 2.66 bits per heavy atom. The highest BCUT2D eigenvalue weighted by Crippen LogP contribution is 2.58. The zero-order valence-electron chi connectivity index (χ0n) is 17.7. The molecule has 2 unspecified atom stereocenters. The monoisotopic (exact) mass is 397 g/mol. The fourth-order valence-corrected chi connectivity index (χ4v) is 5.56. The lowest BCUT2D eigenvalue weighted by Crippen LogP contribution is -2.51. The third-order valence-electron chi connectivity index (χ3n) is 8.24. The maximum atomic E-state index is 12.8.